The van der Waals surface area contributed by atoms with Crippen molar-refractivity contribution >= 4 is 23.6 Å². The average Bonchev–Trinajstić information content (AvgIpc) is 3.37. The molecule has 0 aromatic heterocycles. The van der Waals surface area contributed by atoms with Gasteiger partial charge in [-0.1, -0.05) is 6.07 Å². The lowest BCUT2D eigenvalue weighted by atomic mass is 10.1. The van der Waals surface area contributed by atoms with Gasteiger partial charge in [-0.25, -0.2) is 0 Å². The lowest BCUT2D eigenvalue weighted by molar-refractivity contribution is -0.125. The van der Waals surface area contributed by atoms with E-state index in [0.29, 0.717) is 29.4 Å². The minimum Gasteiger partial charge on any atom is -0.493 e. The average molecular weight is 378 g/mol. The maximum atomic E-state index is 13.1. The highest BCUT2D eigenvalue weighted by molar-refractivity contribution is 7.99. The number of benzene rings is 1. The Morgan fingerprint density at radius 2 is 2.23 bits per heavy atom. The first-order chi connectivity index (χ1) is 12.7. The van der Waals surface area contributed by atoms with Gasteiger partial charge in [0.05, 0.1) is 25.9 Å². The highest BCUT2D eigenvalue weighted by Gasteiger charge is 2.50. The van der Waals surface area contributed by atoms with Crippen molar-refractivity contribution in [2.45, 2.75) is 30.4 Å². The van der Waals surface area contributed by atoms with E-state index in [1.807, 2.05) is 6.07 Å². The van der Waals surface area contributed by atoms with Gasteiger partial charge in [-0.15, -0.1) is 11.8 Å². The molecule has 140 valence electrons. The summed E-state index contributed by atoms with van der Waals surface area (Å²) in [7, 11) is 3.06. The summed E-state index contributed by atoms with van der Waals surface area (Å²) in [6, 6.07) is 3.21. The molecule has 4 rings (SSSR count). The number of ether oxygens (including phenoxy) is 3. The Hall–Kier alpha value is -1.93. The van der Waals surface area contributed by atoms with E-state index >= 15 is 0 Å². The zero-order valence-electron chi connectivity index (χ0n) is 14.8. The number of nitrogens with one attached hydrogen (secondary N) is 1. The minimum atomic E-state index is -0.484. The summed E-state index contributed by atoms with van der Waals surface area (Å²) in [4.78, 5) is 27.4. The Kier molecular flexibility index (Phi) is 4.71. The lowest BCUT2D eigenvalue weighted by Gasteiger charge is -2.23. The van der Waals surface area contributed by atoms with Crippen molar-refractivity contribution in [1.82, 2.24) is 10.2 Å². The fraction of sp³-hybridized carbons (Fsp3) is 0.556. The predicted molar refractivity (Wildman–Crippen MR) is 96.7 cm³/mol. The molecular weight excluding hydrogens is 356 g/mol. The Morgan fingerprint density at radius 1 is 1.38 bits per heavy atom. The molecule has 2 fully saturated rings. The topological polar surface area (TPSA) is 77.1 Å². The van der Waals surface area contributed by atoms with Crippen LogP contribution < -0.4 is 14.8 Å². The van der Waals surface area contributed by atoms with Gasteiger partial charge in [0.25, 0.3) is 5.91 Å². The van der Waals surface area contributed by atoms with Crippen molar-refractivity contribution in [2.75, 3.05) is 33.1 Å². The number of fused-ring (bicyclic) bond motifs is 3. The van der Waals surface area contributed by atoms with Crippen LogP contribution in [0.15, 0.2) is 12.1 Å². The van der Waals surface area contributed by atoms with Crippen LogP contribution >= 0.6 is 11.8 Å². The van der Waals surface area contributed by atoms with Gasteiger partial charge < -0.3 is 24.4 Å². The van der Waals surface area contributed by atoms with Crippen molar-refractivity contribution in [3.63, 3.8) is 0 Å². The summed E-state index contributed by atoms with van der Waals surface area (Å²) in [5.41, 5.74) is 1.38. The predicted octanol–water partition coefficient (Wildman–Crippen LogP) is 1.57. The van der Waals surface area contributed by atoms with Crippen LogP contribution in [0.5, 0.6) is 11.5 Å². The third-order valence-corrected chi connectivity index (χ3v) is 6.43. The third-order valence-electron chi connectivity index (χ3n) is 5.12. The van der Waals surface area contributed by atoms with Crippen LogP contribution in [0.25, 0.3) is 0 Å². The van der Waals surface area contributed by atoms with Gasteiger partial charge in [0.2, 0.25) is 5.91 Å². The van der Waals surface area contributed by atoms with Crippen LogP contribution in [0.1, 0.15) is 34.1 Å². The molecule has 1 aromatic carbocycles. The second-order valence-electron chi connectivity index (χ2n) is 6.56. The smallest absolute Gasteiger partial charge is 0.260 e. The molecule has 0 radical (unpaired) electrons. The Labute approximate surface area is 156 Å². The zero-order valence-corrected chi connectivity index (χ0v) is 15.6. The molecule has 3 heterocycles. The highest BCUT2D eigenvalue weighted by Crippen LogP contribution is 2.52. The van der Waals surface area contributed by atoms with Crippen LogP contribution in [0.2, 0.25) is 0 Å². The molecule has 3 aliphatic rings. The summed E-state index contributed by atoms with van der Waals surface area (Å²) < 4.78 is 16.3. The van der Waals surface area contributed by atoms with Crippen molar-refractivity contribution in [2.24, 2.45) is 0 Å². The second-order valence-corrected chi connectivity index (χ2v) is 7.67. The van der Waals surface area contributed by atoms with Gasteiger partial charge in [-0.3, -0.25) is 9.59 Å². The van der Waals surface area contributed by atoms with Crippen molar-refractivity contribution < 1.29 is 23.8 Å². The number of carbonyl (C=O) groups is 2. The molecule has 26 heavy (non-hydrogen) atoms. The fourth-order valence-electron chi connectivity index (χ4n) is 3.83. The van der Waals surface area contributed by atoms with Crippen molar-refractivity contribution in [1.29, 1.82) is 0 Å². The van der Waals surface area contributed by atoms with Crippen LogP contribution in [0.4, 0.5) is 0 Å². The summed E-state index contributed by atoms with van der Waals surface area (Å²) in [5.74, 6) is 1.24. The lowest BCUT2D eigenvalue weighted by Crippen LogP contribution is -2.47. The third kappa shape index (κ3) is 2.72. The normalized spacial score (nSPS) is 26.6. The molecule has 0 saturated carbocycles. The minimum absolute atomic E-state index is 0.0830. The molecule has 1 N–H and O–H groups in total. The van der Waals surface area contributed by atoms with Crippen LogP contribution in [0.3, 0.4) is 0 Å². The van der Waals surface area contributed by atoms with Gasteiger partial charge in [-0.2, -0.15) is 0 Å². The number of amides is 2. The molecule has 8 heteroatoms. The Morgan fingerprint density at radius 3 is 2.92 bits per heavy atom. The van der Waals surface area contributed by atoms with E-state index < -0.39 is 6.04 Å². The maximum Gasteiger partial charge on any atom is 0.260 e. The van der Waals surface area contributed by atoms with E-state index in [9.17, 15) is 9.59 Å². The van der Waals surface area contributed by atoms with E-state index in [-0.39, 0.29) is 23.3 Å². The Balaban J connectivity index is 1.54. The molecule has 3 atom stereocenters. The molecule has 0 unspecified atom stereocenters. The van der Waals surface area contributed by atoms with E-state index in [0.717, 1.165) is 25.0 Å². The summed E-state index contributed by atoms with van der Waals surface area (Å²) in [5, 5.41) is 2.79. The van der Waals surface area contributed by atoms with Gasteiger partial charge in [0.15, 0.2) is 11.5 Å². The molecule has 0 aliphatic carbocycles. The molecular formula is C18H22N2O5S. The van der Waals surface area contributed by atoms with Gasteiger partial charge in [0, 0.05) is 24.5 Å². The fourth-order valence-corrected chi connectivity index (χ4v) is 5.29. The number of thioether (sulfide) groups is 1. The Bertz CT molecular complexity index is 735. The zero-order chi connectivity index (χ0) is 18.3. The second kappa shape index (κ2) is 7.00. The van der Waals surface area contributed by atoms with Gasteiger partial charge in [-0.05, 0) is 18.9 Å². The first kappa shape index (κ1) is 17.5. The standard InChI is InChI=1S/C18H22N2O5S/c1-23-13-6-5-11-14(15(13)24-2)17(22)20-12(9-26-18(11)20)16(21)19-8-10-4-3-7-25-10/h5-6,10,12,18H,3-4,7-9H2,1-2H3,(H,19,21)/t10-,12-,18+/m0/s1. The quantitative estimate of drug-likeness (QED) is 0.838. The van der Waals surface area contributed by atoms with Gasteiger partial charge >= 0.3 is 0 Å². The number of carbonyl (C=O) groups excluding carboxylic acids is 2. The van der Waals surface area contributed by atoms with Crippen LogP contribution in [-0.4, -0.2) is 62.0 Å². The van der Waals surface area contributed by atoms with E-state index in [4.69, 9.17) is 14.2 Å². The van der Waals surface area contributed by atoms with Crippen LogP contribution in [0, 0.1) is 0 Å². The largest absolute Gasteiger partial charge is 0.493 e. The number of rotatable bonds is 5. The van der Waals surface area contributed by atoms with E-state index in [1.165, 1.54) is 7.11 Å². The SMILES string of the molecule is COc1ccc2c(c1OC)C(=O)N1[C@@H]2SC[C@H]1C(=O)NC[C@@H]1CCCO1. The summed E-state index contributed by atoms with van der Waals surface area (Å²) >= 11 is 1.60. The van der Waals surface area contributed by atoms with Crippen LogP contribution in [-0.2, 0) is 9.53 Å². The molecule has 2 amide bonds. The van der Waals surface area contributed by atoms with E-state index in [2.05, 4.69) is 5.32 Å². The molecule has 0 bridgehead atoms. The number of methoxy groups -OCH3 is 2. The molecule has 3 aliphatic heterocycles. The number of hydrogen-bond donors (Lipinski definition) is 1. The summed E-state index contributed by atoms with van der Waals surface area (Å²) in [6.45, 7) is 1.25. The van der Waals surface area contributed by atoms with Crippen molar-refractivity contribution in [3.8, 4) is 11.5 Å². The molecule has 7 nitrogen and oxygen atoms in total. The maximum absolute atomic E-state index is 13.1. The molecule has 2 saturated heterocycles. The monoisotopic (exact) mass is 378 g/mol. The summed E-state index contributed by atoms with van der Waals surface area (Å²) in [6.07, 6.45) is 2.08. The first-order valence-electron chi connectivity index (χ1n) is 8.74. The van der Waals surface area contributed by atoms with Crippen molar-refractivity contribution in [3.05, 3.63) is 23.3 Å². The highest BCUT2D eigenvalue weighted by atomic mass is 32.2. The molecule has 1 aromatic rings. The van der Waals surface area contributed by atoms with Gasteiger partial charge in [0.1, 0.15) is 11.4 Å². The molecule has 0 spiro atoms. The number of nitrogens with zero attached hydrogens (tertiary/aromatic N) is 1. The first-order valence-corrected chi connectivity index (χ1v) is 9.79. The van der Waals surface area contributed by atoms with E-state index in [1.54, 1.807) is 29.8 Å². The number of hydrogen-bond acceptors (Lipinski definition) is 6.